The highest BCUT2D eigenvalue weighted by Crippen LogP contribution is 2.36. The lowest BCUT2D eigenvalue weighted by Crippen LogP contribution is -2.25. The van der Waals surface area contributed by atoms with Crippen molar-refractivity contribution in [2.24, 2.45) is 5.10 Å². The summed E-state index contributed by atoms with van der Waals surface area (Å²) in [7, 11) is -9.44. The Morgan fingerprint density at radius 2 is 1.59 bits per heavy atom. The topological polar surface area (TPSA) is 169 Å². The summed E-state index contributed by atoms with van der Waals surface area (Å²) in [6.45, 7) is -1.02. The van der Waals surface area contributed by atoms with Gasteiger partial charge in [-0.3, -0.25) is 13.8 Å². The highest BCUT2D eigenvalue weighted by Gasteiger charge is 2.38. The van der Waals surface area contributed by atoms with E-state index in [-0.39, 0.29) is 21.4 Å². The molecule has 1 heterocycles. The number of hydrogen-bond acceptors (Lipinski definition) is 10. The lowest BCUT2D eigenvalue weighted by molar-refractivity contribution is 0.237. The highest BCUT2D eigenvalue weighted by atomic mass is 32.3. The number of benzene rings is 2. The molecule has 0 radical (unpaired) electrons. The van der Waals surface area contributed by atoms with Gasteiger partial charge < -0.3 is 9.66 Å². The third kappa shape index (κ3) is 3.80. The molecule has 1 fully saturated rings. The van der Waals surface area contributed by atoms with Crippen molar-refractivity contribution in [1.29, 1.82) is 0 Å². The normalized spacial score (nSPS) is 20.0. The molecule has 1 atom stereocenters. The second-order valence-electron chi connectivity index (χ2n) is 5.11. The molecule has 0 bridgehead atoms. The maximum absolute atomic E-state index is 11.9. The molecule has 11 nitrogen and oxygen atoms in total. The minimum absolute atomic E-state index is 0.0947. The smallest absolute Gasteiger partial charge is 0.330 e. The molecule has 146 valence electrons. The Hall–Kier alpha value is -2.10. The average molecular weight is 436 g/mol. The Kier molecular flexibility index (Phi) is 5.20. The van der Waals surface area contributed by atoms with Gasteiger partial charge in [0.15, 0.2) is 11.1 Å². The van der Waals surface area contributed by atoms with E-state index in [1.807, 2.05) is 0 Å². The van der Waals surface area contributed by atoms with Crippen LogP contribution in [-0.2, 0) is 39.7 Å². The number of anilines is 1. The van der Waals surface area contributed by atoms with Crippen molar-refractivity contribution >= 4 is 52.2 Å². The monoisotopic (exact) mass is 436 g/mol. The van der Waals surface area contributed by atoms with Crippen LogP contribution in [0.5, 0.6) is 5.75 Å². The molecule has 14 heteroatoms. The van der Waals surface area contributed by atoms with Gasteiger partial charge in [-0.15, -0.1) is 5.10 Å². The Bertz CT molecular complexity index is 1130. The van der Waals surface area contributed by atoms with Gasteiger partial charge in [0.25, 0.3) is 0 Å². The number of fused-ring (bicyclic) bond motifs is 1. The number of hydrazone groups is 1. The van der Waals surface area contributed by atoms with Gasteiger partial charge in [0.05, 0.1) is 18.1 Å². The molecule has 1 unspecified atom stereocenters. The summed E-state index contributed by atoms with van der Waals surface area (Å²) >= 11 is -2.41. The Labute approximate surface area is 156 Å². The zero-order valence-electron chi connectivity index (χ0n) is 13.2. The molecule has 0 aliphatic carbocycles. The van der Waals surface area contributed by atoms with Gasteiger partial charge in [-0.1, -0.05) is 24.3 Å². The molecule has 2 aromatic rings. The van der Waals surface area contributed by atoms with Gasteiger partial charge in [0.2, 0.25) is 0 Å². The van der Waals surface area contributed by atoms with Crippen LogP contribution in [0.2, 0.25) is 0 Å². The molecule has 0 spiro atoms. The zero-order chi connectivity index (χ0) is 19.8. The summed E-state index contributed by atoms with van der Waals surface area (Å²) in [5, 5.41) is 14.0. The van der Waals surface area contributed by atoms with Crippen LogP contribution < -0.4 is 5.43 Å². The fourth-order valence-electron chi connectivity index (χ4n) is 2.32. The van der Waals surface area contributed by atoms with E-state index in [4.69, 9.17) is 0 Å². The largest absolute Gasteiger partial charge is 0.506 e. The van der Waals surface area contributed by atoms with Crippen molar-refractivity contribution < 1.29 is 39.1 Å². The molecule has 2 aromatic carbocycles. The number of nitrogens with one attached hydrogen (secondary N) is 1. The standard InChI is InChI=1S/C13H12N2O9S3/c16-10-7-11(25(17)18)8-3-1-2-4-9(8)12(10)14-15-13-26(19,20)23-5-6-24-27(13,21)22/h1-4,7,14,16H,5-6H2,(H,17,18). The molecule has 1 aliphatic heterocycles. The van der Waals surface area contributed by atoms with E-state index < -0.39 is 54.7 Å². The molecule has 1 saturated heterocycles. The van der Waals surface area contributed by atoms with E-state index in [0.717, 1.165) is 6.07 Å². The van der Waals surface area contributed by atoms with Gasteiger partial charge in [-0.05, 0) is 0 Å². The third-order valence-corrected chi connectivity index (χ3v) is 7.35. The van der Waals surface area contributed by atoms with Crippen molar-refractivity contribution in [2.75, 3.05) is 18.6 Å². The van der Waals surface area contributed by atoms with Gasteiger partial charge in [-0.2, -0.15) is 16.8 Å². The van der Waals surface area contributed by atoms with Crippen LogP contribution in [-0.4, -0.2) is 48.3 Å². The van der Waals surface area contributed by atoms with Crippen molar-refractivity contribution in [3.8, 4) is 5.75 Å². The Balaban J connectivity index is 2.17. The van der Waals surface area contributed by atoms with Crippen molar-refractivity contribution in [3.63, 3.8) is 0 Å². The molecule has 0 amide bonds. The van der Waals surface area contributed by atoms with Gasteiger partial charge in [-0.25, -0.2) is 4.21 Å². The summed E-state index contributed by atoms with van der Waals surface area (Å²) in [4.78, 5) is -0.0947. The van der Waals surface area contributed by atoms with Crippen LogP contribution in [0.25, 0.3) is 10.8 Å². The number of rotatable bonds is 3. The lowest BCUT2D eigenvalue weighted by atomic mass is 10.1. The first-order valence-electron chi connectivity index (χ1n) is 7.11. The first-order chi connectivity index (χ1) is 12.6. The van der Waals surface area contributed by atoms with Crippen molar-refractivity contribution in [1.82, 2.24) is 0 Å². The number of aromatic hydroxyl groups is 1. The quantitative estimate of drug-likeness (QED) is 0.267. The molecular weight excluding hydrogens is 424 g/mol. The summed E-state index contributed by atoms with van der Waals surface area (Å²) in [5.74, 6) is -0.555. The Morgan fingerprint density at radius 3 is 2.15 bits per heavy atom. The Morgan fingerprint density at radius 1 is 1.04 bits per heavy atom. The van der Waals surface area contributed by atoms with Gasteiger partial charge in [0, 0.05) is 16.8 Å². The summed E-state index contributed by atoms with van der Waals surface area (Å²) in [6, 6.07) is 7.05. The van der Waals surface area contributed by atoms with Crippen molar-refractivity contribution in [3.05, 3.63) is 30.3 Å². The van der Waals surface area contributed by atoms with Gasteiger partial charge in [0.1, 0.15) is 11.4 Å². The minimum atomic E-state index is -4.72. The van der Waals surface area contributed by atoms with E-state index in [0.29, 0.717) is 0 Å². The SMILES string of the molecule is O=S(O)c1cc(O)c(NN=C2S(=O)(=O)OCCOS2(=O)=O)c2ccccc12. The van der Waals surface area contributed by atoms with Crippen LogP contribution in [0, 0.1) is 0 Å². The molecular formula is C13H12N2O9S3. The fraction of sp³-hybridized carbons (Fsp3) is 0.154. The van der Waals surface area contributed by atoms with Crippen LogP contribution in [0.4, 0.5) is 5.69 Å². The van der Waals surface area contributed by atoms with E-state index >= 15 is 0 Å². The molecule has 1 aliphatic rings. The van der Waals surface area contributed by atoms with Crippen LogP contribution >= 0.6 is 0 Å². The minimum Gasteiger partial charge on any atom is -0.506 e. The maximum atomic E-state index is 11.9. The molecule has 3 N–H and O–H groups in total. The second kappa shape index (κ2) is 7.14. The van der Waals surface area contributed by atoms with Crippen LogP contribution in [0.1, 0.15) is 0 Å². The molecule has 0 aromatic heterocycles. The first-order valence-corrected chi connectivity index (χ1v) is 11.0. The number of phenols is 1. The average Bonchev–Trinajstić information content (AvgIpc) is 2.69. The summed E-state index contributed by atoms with van der Waals surface area (Å²) in [6.07, 6.45) is 0. The zero-order valence-corrected chi connectivity index (χ0v) is 15.7. The van der Waals surface area contributed by atoms with E-state index in [1.54, 1.807) is 12.1 Å². The summed E-state index contributed by atoms with van der Waals surface area (Å²) in [5.41, 5.74) is 1.99. The third-order valence-electron chi connectivity index (χ3n) is 3.42. The second-order valence-corrected chi connectivity index (χ2v) is 9.36. The van der Waals surface area contributed by atoms with E-state index in [9.17, 15) is 30.7 Å². The number of phenolic OH excluding ortho intramolecular Hbond substituents is 1. The number of hydrogen-bond donors (Lipinski definition) is 3. The van der Waals surface area contributed by atoms with Gasteiger partial charge >= 0.3 is 24.6 Å². The van der Waals surface area contributed by atoms with E-state index in [2.05, 4.69) is 18.9 Å². The predicted molar refractivity (Wildman–Crippen MR) is 95.5 cm³/mol. The lowest BCUT2D eigenvalue weighted by Gasteiger charge is -2.12. The highest BCUT2D eigenvalue weighted by molar-refractivity contribution is 8.27. The molecule has 27 heavy (non-hydrogen) atoms. The van der Waals surface area contributed by atoms with E-state index in [1.165, 1.54) is 12.1 Å². The first kappa shape index (κ1) is 19.7. The van der Waals surface area contributed by atoms with Crippen LogP contribution in [0.15, 0.2) is 40.3 Å². The fourth-order valence-corrected chi connectivity index (χ4v) is 5.28. The molecule has 0 saturated carbocycles. The number of nitrogens with zero attached hydrogens (tertiary/aromatic N) is 1. The molecule has 3 rings (SSSR count). The maximum Gasteiger partial charge on any atom is 0.330 e. The van der Waals surface area contributed by atoms with Crippen molar-refractivity contribution in [2.45, 2.75) is 4.90 Å². The predicted octanol–water partition coefficient (Wildman–Crippen LogP) is 0.515. The summed E-state index contributed by atoms with van der Waals surface area (Å²) < 4.78 is 76.1. The van der Waals surface area contributed by atoms with Crippen LogP contribution in [0.3, 0.4) is 0 Å².